The van der Waals surface area contributed by atoms with Gasteiger partial charge in [-0.25, -0.2) is 0 Å². The van der Waals surface area contributed by atoms with Crippen LogP contribution < -0.4 is 0 Å². The molecular formula is C6H8N. The molecule has 1 radical (unpaired) electrons. The number of H-pyrrole nitrogens is 1. The minimum atomic E-state index is 0.984. The van der Waals surface area contributed by atoms with Crippen LogP contribution in [0.2, 0.25) is 0 Å². The average molecular weight is 94.1 g/mol. The van der Waals surface area contributed by atoms with Gasteiger partial charge in [-0.15, -0.1) is 0 Å². The molecule has 0 aliphatic carbocycles. The van der Waals surface area contributed by atoms with E-state index in [1.807, 2.05) is 19.1 Å². The van der Waals surface area contributed by atoms with E-state index in [0.717, 1.165) is 5.69 Å². The van der Waals surface area contributed by atoms with Crippen LogP contribution in [0.5, 0.6) is 0 Å². The molecule has 0 bridgehead atoms. The van der Waals surface area contributed by atoms with E-state index in [-0.39, 0.29) is 0 Å². The number of hydrogen-bond donors (Lipinski definition) is 1. The molecule has 1 heterocycles. The molecule has 1 heteroatoms. The molecule has 0 spiro atoms. The summed E-state index contributed by atoms with van der Waals surface area (Å²) in [6, 6.07) is 3.96. The Morgan fingerprint density at radius 1 is 1.57 bits per heavy atom. The average Bonchev–Trinajstić information content (AvgIpc) is 1.87. The molecule has 0 unspecified atom stereocenters. The van der Waals surface area contributed by atoms with Crippen molar-refractivity contribution < 1.29 is 0 Å². The monoisotopic (exact) mass is 94.1 g/mol. The van der Waals surface area contributed by atoms with Crippen LogP contribution in [0.25, 0.3) is 0 Å². The molecule has 0 aliphatic rings. The number of hydrogen-bond acceptors (Lipinski definition) is 0. The van der Waals surface area contributed by atoms with E-state index < -0.39 is 0 Å². The van der Waals surface area contributed by atoms with Crippen LogP contribution in [-0.4, -0.2) is 4.98 Å². The summed E-state index contributed by atoms with van der Waals surface area (Å²) in [5.74, 6) is 0. The van der Waals surface area contributed by atoms with Crippen LogP contribution in [0.4, 0.5) is 0 Å². The van der Waals surface area contributed by atoms with Crippen molar-refractivity contribution in [1.82, 2.24) is 4.98 Å². The number of aromatic nitrogens is 1. The summed E-state index contributed by atoms with van der Waals surface area (Å²) in [5, 5.41) is 0. The van der Waals surface area contributed by atoms with Gasteiger partial charge in [0, 0.05) is 11.4 Å². The van der Waals surface area contributed by atoms with Crippen LogP contribution >= 0.6 is 0 Å². The lowest BCUT2D eigenvalue weighted by Gasteiger charge is -1.77. The third-order valence-corrected chi connectivity index (χ3v) is 0.892. The molecule has 0 atom stereocenters. The van der Waals surface area contributed by atoms with E-state index in [1.165, 1.54) is 5.69 Å². The lowest BCUT2D eigenvalue weighted by atomic mass is 10.5. The normalized spacial score (nSPS) is 9.43. The van der Waals surface area contributed by atoms with Crippen LogP contribution in [0.3, 0.4) is 0 Å². The van der Waals surface area contributed by atoms with E-state index in [0.29, 0.717) is 0 Å². The fourth-order valence-corrected chi connectivity index (χ4v) is 0.562. The summed E-state index contributed by atoms with van der Waals surface area (Å²) in [6.07, 6.45) is 0. The van der Waals surface area contributed by atoms with Gasteiger partial charge in [-0.2, -0.15) is 0 Å². The fourth-order valence-electron chi connectivity index (χ4n) is 0.562. The van der Waals surface area contributed by atoms with E-state index in [4.69, 9.17) is 0 Å². The first-order valence-electron chi connectivity index (χ1n) is 2.26. The molecule has 0 aliphatic heterocycles. The maximum Gasteiger partial charge on any atom is 0.0153 e. The molecule has 0 saturated heterocycles. The molecule has 0 aromatic carbocycles. The van der Waals surface area contributed by atoms with Gasteiger partial charge in [0.1, 0.15) is 0 Å². The van der Waals surface area contributed by atoms with Crippen molar-refractivity contribution in [3.63, 3.8) is 0 Å². The van der Waals surface area contributed by atoms with Crippen molar-refractivity contribution in [3.05, 3.63) is 30.4 Å². The van der Waals surface area contributed by atoms with Gasteiger partial charge in [-0.05, 0) is 26.0 Å². The first-order valence-corrected chi connectivity index (χ1v) is 2.26. The number of aryl methyl sites for hydroxylation is 1. The molecule has 0 fully saturated rings. The Balaban J connectivity index is 3.04. The van der Waals surface area contributed by atoms with Gasteiger partial charge in [0.2, 0.25) is 0 Å². The Morgan fingerprint density at radius 3 is 2.43 bits per heavy atom. The maximum atomic E-state index is 3.69. The quantitative estimate of drug-likeness (QED) is 0.501. The van der Waals surface area contributed by atoms with Gasteiger partial charge in [-0.1, -0.05) is 0 Å². The summed E-state index contributed by atoms with van der Waals surface area (Å²) in [4.78, 5) is 3.03. The second kappa shape index (κ2) is 1.41. The predicted octanol–water partition coefficient (Wildman–Crippen LogP) is 1.51. The first kappa shape index (κ1) is 4.44. The summed E-state index contributed by atoms with van der Waals surface area (Å²) >= 11 is 0. The van der Waals surface area contributed by atoms with Gasteiger partial charge in [0.05, 0.1) is 0 Å². The van der Waals surface area contributed by atoms with Crippen molar-refractivity contribution in [1.29, 1.82) is 0 Å². The third-order valence-electron chi connectivity index (χ3n) is 0.892. The molecule has 1 N–H and O–H groups in total. The van der Waals surface area contributed by atoms with Crippen LogP contribution in [-0.2, 0) is 0 Å². The van der Waals surface area contributed by atoms with Crippen molar-refractivity contribution in [2.24, 2.45) is 0 Å². The van der Waals surface area contributed by atoms with Gasteiger partial charge in [-0.3, -0.25) is 0 Å². The van der Waals surface area contributed by atoms with Crippen LogP contribution in [0, 0.1) is 13.8 Å². The smallest absolute Gasteiger partial charge is 0.0153 e. The minimum absolute atomic E-state index is 0.984. The topological polar surface area (TPSA) is 15.8 Å². The lowest BCUT2D eigenvalue weighted by molar-refractivity contribution is 1.23. The number of nitrogens with one attached hydrogen (secondary N) is 1. The highest BCUT2D eigenvalue weighted by Crippen LogP contribution is 1.95. The lowest BCUT2D eigenvalue weighted by Crippen LogP contribution is -1.67. The molecule has 1 rings (SSSR count). The molecule has 1 aromatic heterocycles. The van der Waals surface area contributed by atoms with Crippen molar-refractivity contribution in [2.75, 3.05) is 0 Å². The summed E-state index contributed by atoms with van der Waals surface area (Å²) < 4.78 is 0. The zero-order valence-electron chi connectivity index (χ0n) is 4.36. The van der Waals surface area contributed by atoms with Crippen molar-refractivity contribution in [2.45, 2.75) is 6.92 Å². The summed E-state index contributed by atoms with van der Waals surface area (Å²) in [6.45, 7) is 5.69. The van der Waals surface area contributed by atoms with Gasteiger partial charge >= 0.3 is 0 Å². The molecule has 0 saturated carbocycles. The van der Waals surface area contributed by atoms with E-state index in [1.54, 1.807) is 0 Å². The molecular weight excluding hydrogens is 86.1 g/mol. The minimum Gasteiger partial charge on any atom is -0.362 e. The second-order valence-corrected chi connectivity index (χ2v) is 1.67. The van der Waals surface area contributed by atoms with Crippen LogP contribution in [0.1, 0.15) is 11.4 Å². The summed E-state index contributed by atoms with van der Waals surface area (Å²) in [7, 11) is 0. The van der Waals surface area contributed by atoms with E-state index in [2.05, 4.69) is 11.9 Å². The van der Waals surface area contributed by atoms with E-state index in [9.17, 15) is 0 Å². The van der Waals surface area contributed by atoms with Crippen LogP contribution in [0.15, 0.2) is 12.1 Å². The molecule has 37 valence electrons. The number of aromatic amines is 1. The Morgan fingerprint density at radius 2 is 2.29 bits per heavy atom. The zero-order valence-corrected chi connectivity index (χ0v) is 4.36. The van der Waals surface area contributed by atoms with E-state index >= 15 is 0 Å². The predicted molar refractivity (Wildman–Crippen MR) is 30.0 cm³/mol. The maximum absolute atomic E-state index is 3.69. The Hall–Kier alpha value is -0.720. The Labute approximate surface area is 43.4 Å². The highest BCUT2D eigenvalue weighted by molar-refractivity contribution is 5.13. The first-order chi connectivity index (χ1) is 3.29. The second-order valence-electron chi connectivity index (χ2n) is 1.67. The third kappa shape index (κ3) is 0.829. The zero-order chi connectivity index (χ0) is 5.28. The van der Waals surface area contributed by atoms with Crippen molar-refractivity contribution >= 4 is 0 Å². The molecule has 0 amide bonds. The molecule has 7 heavy (non-hydrogen) atoms. The summed E-state index contributed by atoms with van der Waals surface area (Å²) in [5.41, 5.74) is 2.16. The van der Waals surface area contributed by atoms with Crippen molar-refractivity contribution in [3.8, 4) is 0 Å². The van der Waals surface area contributed by atoms with Gasteiger partial charge in [0.25, 0.3) is 0 Å². The Bertz CT molecular complexity index is 136. The molecule has 1 nitrogen and oxygen atoms in total. The Kier molecular flexibility index (Phi) is 0.895. The fraction of sp³-hybridized carbons (Fsp3) is 0.167. The highest BCUT2D eigenvalue weighted by Gasteiger charge is 1.82. The van der Waals surface area contributed by atoms with Gasteiger partial charge in [0.15, 0.2) is 0 Å². The van der Waals surface area contributed by atoms with Gasteiger partial charge < -0.3 is 4.98 Å². The highest BCUT2D eigenvalue weighted by atomic mass is 14.7. The number of rotatable bonds is 0. The SMILES string of the molecule is [CH2]c1ccc(C)[nH]1. The largest absolute Gasteiger partial charge is 0.362 e. The molecule has 1 aromatic rings. The standard InChI is InChI=1S/C6H8N/c1-5-3-4-6(2)7-5/h3-4,7H,1H2,2H3.